The second kappa shape index (κ2) is 14.4. The normalized spacial score (nSPS) is 12.4. The fourth-order valence-corrected chi connectivity index (χ4v) is 6.95. The average Bonchev–Trinajstić information content (AvgIpc) is 2.92. The lowest BCUT2D eigenvalue weighted by Gasteiger charge is -2.25. The Hall–Kier alpha value is -2.58. The molecule has 2 heterocycles. The summed E-state index contributed by atoms with van der Waals surface area (Å²) >= 11 is 13.7. The maximum Gasteiger partial charge on any atom is 0.269 e. The first-order chi connectivity index (χ1) is 19.0. The lowest BCUT2D eigenvalue weighted by molar-refractivity contribution is 0.155. The summed E-state index contributed by atoms with van der Waals surface area (Å²) < 4.78 is 39.9. The van der Waals surface area contributed by atoms with E-state index in [1.165, 1.54) is 43.3 Å². The van der Waals surface area contributed by atoms with Crippen LogP contribution in [-0.2, 0) is 14.8 Å². The zero-order valence-electron chi connectivity index (χ0n) is 22.4. The number of pyridine rings is 1. The van der Waals surface area contributed by atoms with Gasteiger partial charge in [0.2, 0.25) is 5.82 Å². The number of sulfonamides is 1. The predicted molar refractivity (Wildman–Crippen MR) is 161 cm³/mol. The first-order valence-corrected chi connectivity index (χ1v) is 18.9. The van der Waals surface area contributed by atoms with Crippen molar-refractivity contribution in [2.24, 2.45) is 5.11 Å². The Morgan fingerprint density at radius 3 is 2.62 bits per heavy atom. The van der Waals surface area contributed by atoms with Gasteiger partial charge in [0.15, 0.2) is 0 Å². The number of halogens is 2. The van der Waals surface area contributed by atoms with Crippen LogP contribution < -0.4 is 9.04 Å². The van der Waals surface area contributed by atoms with Crippen LogP contribution in [0.25, 0.3) is 10.4 Å². The summed E-state index contributed by atoms with van der Waals surface area (Å²) in [7, 11) is -4.35. The second-order valence-corrected chi connectivity index (χ2v) is 18.9. The van der Waals surface area contributed by atoms with Gasteiger partial charge in [-0.2, -0.15) is 0 Å². The first-order valence-electron chi connectivity index (χ1n) is 12.0. The van der Waals surface area contributed by atoms with Crippen LogP contribution in [0.1, 0.15) is 11.6 Å². The zero-order chi connectivity index (χ0) is 29.3. The van der Waals surface area contributed by atoms with Crippen LogP contribution in [0.15, 0.2) is 64.0 Å². The third-order valence-corrected chi connectivity index (χ3v) is 10.8. The molecule has 0 bridgehead atoms. The standard InChI is InChI=1S/C24H29Cl2N7O4S2Si/c1-36-24-23(29-14-21(30-24)38-15-19(31-32-27)17-7-6-10-28-13-17)33(16-37-11-12-40(2,3)4)39(34,35)20-9-5-8-18(25)22(20)26/h5-10,13-14,19H,11-12,15-16H2,1-4H3. The van der Waals surface area contributed by atoms with E-state index in [-0.39, 0.29) is 33.4 Å². The smallest absolute Gasteiger partial charge is 0.269 e. The molecule has 3 rings (SSSR count). The lowest BCUT2D eigenvalue weighted by atomic mass is 10.2. The molecule has 11 nitrogen and oxygen atoms in total. The number of aromatic nitrogens is 3. The third kappa shape index (κ3) is 8.46. The molecule has 0 spiro atoms. The minimum Gasteiger partial charge on any atom is -0.478 e. The van der Waals surface area contributed by atoms with Crippen LogP contribution in [0.4, 0.5) is 5.82 Å². The van der Waals surface area contributed by atoms with Gasteiger partial charge in [-0.3, -0.25) is 4.98 Å². The number of azide groups is 1. The van der Waals surface area contributed by atoms with Crippen molar-refractivity contribution in [2.75, 3.05) is 30.5 Å². The van der Waals surface area contributed by atoms with Gasteiger partial charge in [-0.25, -0.2) is 22.7 Å². The minimum absolute atomic E-state index is 0.0396. The molecule has 2 aromatic heterocycles. The Morgan fingerprint density at radius 1 is 1.20 bits per heavy atom. The van der Waals surface area contributed by atoms with Gasteiger partial charge in [0.05, 0.1) is 29.4 Å². The molecule has 1 aromatic carbocycles. The Morgan fingerprint density at radius 2 is 1.98 bits per heavy atom. The molecule has 0 saturated heterocycles. The van der Waals surface area contributed by atoms with Crippen LogP contribution in [0, 0.1) is 0 Å². The van der Waals surface area contributed by atoms with E-state index in [0.29, 0.717) is 17.4 Å². The molecule has 214 valence electrons. The summed E-state index contributed by atoms with van der Waals surface area (Å²) in [5, 5.41) is 4.26. The lowest BCUT2D eigenvalue weighted by Crippen LogP contribution is -2.35. The number of anilines is 1. The number of hydrogen-bond donors (Lipinski definition) is 0. The van der Waals surface area contributed by atoms with Crippen LogP contribution in [-0.4, -0.2) is 57.6 Å². The molecule has 0 saturated carbocycles. The van der Waals surface area contributed by atoms with Gasteiger partial charge < -0.3 is 9.47 Å². The average molecular weight is 643 g/mol. The number of thioether (sulfide) groups is 1. The van der Waals surface area contributed by atoms with E-state index in [1.54, 1.807) is 18.5 Å². The van der Waals surface area contributed by atoms with Crippen molar-refractivity contribution in [1.29, 1.82) is 0 Å². The van der Waals surface area contributed by atoms with Crippen LogP contribution in [0.2, 0.25) is 35.7 Å². The van der Waals surface area contributed by atoms with Gasteiger partial charge in [0.25, 0.3) is 15.9 Å². The fourth-order valence-electron chi connectivity index (χ4n) is 3.30. The van der Waals surface area contributed by atoms with Crippen LogP contribution in [0.5, 0.6) is 5.88 Å². The van der Waals surface area contributed by atoms with Crippen molar-refractivity contribution in [3.63, 3.8) is 0 Å². The molecular formula is C24H29Cl2N7O4S2Si. The van der Waals surface area contributed by atoms with E-state index >= 15 is 0 Å². The SMILES string of the molecule is COc1nc(SCC(N=[N+]=[N-])c2cccnc2)cnc1N(COCC[Si](C)(C)C)S(=O)(=O)c1cccc(Cl)c1Cl. The summed E-state index contributed by atoms with van der Waals surface area (Å²) in [6, 6.07) is 8.25. The molecule has 16 heteroatoms. The quantitative estimate of drug-likeness (QED) is 0.0354. The molecule has 0 fully saturated rings. The highest BCUT2D eigenvalue weighted by molar-refractivity contribution is 7.99. The number of nitrogens with zero attached hydrogens (tertiary/aromatic N) is 7. The summed E-state index contributed by atoms with van der Waals surface area (Å²) in [5.41, 5.74) is 9.75. The van der Waals surface area contributed by atoms with Crippen molar-refractivity contribution >= 4 is 58.9 Å². The van der Waals surface area contributed by atoms with Crippen LogP contribution >= 0.6 is 35.0 Å². The van der Waals surface area contributed by atoms with Crippen molar-refractivity contribution in [3.8, 4) is 5.88 Å². The molecule has 40 heavy (non-hydrogen) atoms. The highest BCUT2D eigenvalue weighted by Crippen LogP contribution is 2.36. The van der Waals surface area contributed by atoms with E-state index in [1.807, 2.05) is 6.07 Å². The van der Waals surface area contributed by atoms with Crippen molar-refractivity contribution in [1.82, 2.24) is 15.0 Å². The number of hydrogen-bond acceptors (Lipinski definition) is 9. The van der Waals surface area contributed by atoms with Gasteiger partial charge in [-0.05, 0) is 35.3 Å². The number of benzene rings is 1. The van der Waals surface area contributed by atoms with Crippen molar-refractivity contribution in [2.45, 2.75) is 41.6 Å². The van der Waals surface area contributed by atoms with Crippen LogP contribution in [0.3, 0.4) is 0 Å². The van der Waals surface area contributed by atoms with Gasteiger partial charge in [-0.1, -0.05) is 60.1 Å². The zero-order valence-corrected chi connectivity index (χ0v) is 26.5. The molecule has 0 N–H and O–H groups in total. The highest BCUT2D eigenvalue weighted by Gasteiger charge is 2.32. The number of rotatable bonds is 14. The summed E-state index contributed by atoms with van der Waals surface area (Å²) in [5.74, 6) is 0.226. The number of methoxy groups -OCH3 is 1. The fraction of sp³-hybridized carbons (Fsp3) is 0.375. The second-order valence-electron chi connectivity index (χ2n) is 9.61. The largest absolute Gasteiger partial charge is 0.478 e. The summed E-state index contributed by atoms with van der Waals surface area (Å²) in [6.45, 7) is 6.61. The highest BCUT2D eigenvalue weighted by atomic mass is 35.5. The predicted octanol–water partition coefficient (Wildman–Crippen LogP) is 6.84. The molecule has 0 amide bonds. The maximum atomic E-state index is 13.8. The molecule has 0 aliphatic carbocycles. The van der Waals surface area contributed by atoms with Crippen molar-refractivity contribution in [3.05, 3.63) is 75.0 Å². The van der Waals surface area contributed by atoms with Gasteiger partial charge in [-0.15, -0.1) is 11.8 Å². The number of ether oxygens (including phenoxy) is 2. The Bertz CT molecular complexity index is 1460. The van der Waals surface area contributed by atoms with Gasteiger partial charge >= 0.3 is 0 Å². The molecule has 0 aliphatic rings. The Balaban J connectivity index is 1.94. The first kappa shape index (κ1) is 31.9. The van der Waals surface area contributed by atoms with E-state index < -0.39 is 24.1 Å². The molecule has 3 aromatic rings. The maximum absolute atomic E-state index is 13.8. The molecule has 0 radical (unpaired) electrons. The van der Waals surface area contributed by atoms with E-state index in [4.69, 9.17) is 38.2 Å². The Labute approximate surface area is 248 Å². The minimum atomic E-state index is -4.29. The van der Waals surface area contributed by atoms with Gasteiger partial charge in [0.1, 0.15) is 16.7 Å². The Kier molecular flexibility index (Phi) is 11.5. The van der Waals surface area contributed by atoms with E-state index in [0.717, 1.165) is 15.9 Å². The molecule has 0 aliphatic heterocycles. The topological polar surface area (TPSA) is 143 Å². The monoisotopic (exact) mass is 641 g/mol. The third-order valence-electron chi connectivity index (χ3n) is 5.47. The van der Waals surface area contributed by atoms with Crippen molar-refractivity contribution < 1.29 is 17.9 Å². The molecule has 1 atom stereocenters. The summed E-state index contributed by atoms with van der Waals surface area (Å²) in [4.78, 5) is 15.7. The summed E-state index contributed by atoms with van der Waals surface area (Å²) in [6.07, 6.45) is 4.67. The molecule has 1 unspecified atom stereocenters. The van der Waals surface area contributed by atoms with Gasteiger partial charge in [0, 0.05) is 37.7 Å². The van der Waals surface area contributed by atoms with E-state index in [9.17, 15) is 8.42 Å². The molecular weight excluding hydrogens is 613 g/mol. The van der Waals surface area contributed by atoms with E-state index in [2.05, 4.69) is 44.6 Å².